The number of aryl methyl sites for hydroxylation is 1. The Hall–Kier alpha value is -0.980. The van der Waals surface area contributed by atoms with Crippen molar-refractivity contribution in [1.82, 2.24) is 0 Å². The fourth-order valence-corrected chi connectivity index (χ4v) is 1.97. The van der Waals surface area contributed by atoms with Crippen LogP contribution in [0.1, 0.15) is 37.3 Å². The van der Waals surface area contributed by atoms with Gasteiger partial charge in [-0.3, -0.25) is 0 Å². The van der Waals surface area contributed by atoms with Crippen molar-refractivity contribution in [2.45, 2.75) is 33.1 Å². The zero-order chi connectivity index (χ0) is 10.1. The van der Waals surface area contributed by atoms with Crippen LogP contribution in [0.15, 0.2) is 18.2 Å². The minimum atomic E-state index is 0.631. The molecule has 76 valence electrons. The third-order valence-electron chi connectivity index (χ3n) is 3.00. The molecule has 1 nitrogen and oxygen atoms in total. The molecule has 2 rings (SSSR count). The largest absolute Gasteiger partial charge is 0.371 e. The summed E-state index contributed by atoms with van der Waals surface area (Å²) in [5, 5.41) is 0. The molecule has 1 heterocycles. The highest BCUT2D eigenvalue weighted by atomic mass is 15.2. The Morgan fingerprint density at radius 3 is 2.43 bits per heavy atom. The molecule has 1 saturated heterocycles. The first-order valence-electron chi connectivity index (χ1n) is 5.54. The summed E-state index contributed by atoms with van der Waals surface area (Å²) in [6.07, 6.45) is 1.35. The van der Waals surface area contributed by atoms with Crippen LogP contribution in [0.3, 0.4) is 0 Å². The van der Waals surface area contributed by atoms with Gasteiger partial charge in [0.2, 0.25) is 0 Å². The second-order valence-corrected chi connectivity index (χ2v) is 4.56. The molecular formula is C13H19N. The average molecular weight is 189 g/mol. The summed E-state index contributed by atoms with van der Waals surface area (Å²) in [4.78, 5) is 2.49. The van der Waals surface area contributed by atoms with Crippen molar-refractivity contribution >= 4 is 5.69 Å². The highest BCUT2D eigenvalue weighted by Gasteiger charge is 2.18. The van der Waals surface area contributed by atoms with Crippen LogP contribution in [0.5, 0.6) is 0 Å². The minimum absolute atomic E-state index is 0.631. The molecule has 0 aromatic heterocycles. The fraction of sp³-hybridized carbons (Fsp3) is 0.538. The molecule has 14 heavy (non-hydrogen) atoms. The van der Waals surface area contributed by atoms with Crippen molar-refractivity contribution in [2.24, 2.45) is 0 Å². The Morgan fingerprint density at radius 2 is 1.93 bits per heavy atom. The van der Waals surface area contributed by atoms with E-state index in [0.29, 0.717) is 5.92 Å². The van der Waals surface area contributed by atoms with Gasteiger partial charge >= 0.3 is 0 Å². The van der Waals surface area contributed by atoms with Crippen LogP contribution >= 0.6 is 0 Å². The molecule has 0 amide bonds. The van der Waals surface area contributed by atoms with Crippen LogP contribution in [0.25, 0.3) is 0 Å². The molecule has 1 aromatic carbocycles. The third kappa shape index (κ3) is 1.63. The lowest BCUT2D eigenvalue weighted by Crippen LogP contribution is -2.37. The van der Waals surface area contributed by atoms with Crippen LogP contribution in [0.2, 0.25) is 0 Å². The summed E-state index contributed by atoms with van der Waals surface area (Å²) < 4.78 is 0. The predicted octanol–water partition coefficient (Wildman–Crippen LogP) is 3.33. The molecule has 0 N–H and O–H groups in total. The maximum Gasteiger partial charge on any atom is 0.0404 e. The summed E-state index contributed by atoms with van der Waals surface area (Å²) in [7, 11) is 0. The highest BCUT2D eigenvalue weighted by molar-refractivity contribution is 5.58. The lowest BCUT2D eigenvalue weighted by atomic mass is 9.97. The van der Waals surface area contributed by atoms with E-state index in [0.717, 1.165) is 0 Å². The van der Waals surface area contributed by atoms with Crippen molar-refractivity contribution in [1.29, 1.82) is 0 Å². The maximum atomic E-state index is 2.49. The van der Waals surface area contributed by atoms with Gasteiger partial charge in [0.25, 0.3) is 0 Å². The van der Waals surface area contributed by atoms with Crippen LogP contribution in [0, 0.1) is 6.92 Å². The lowest BCUT2D eigenvalue weighted by Gasteiger charge is -2.35. The summed E-state index contributed by atoms with van der Waals surface area (Å²) in [5.74, 6) is 0.631. The zero-order valence-electron chi connectivity index (χ0n) is 9.38. The molecule has 0 spiro atoms. The van der Waals surface area contributed by atoms with Crippen molar-refractivity contribution in [2.75, 3.05) is 18.0 Å². The van der Waals surface area contributed by atoms with Gasteiger partial charge in [0.15, 0.2) is 0 Å². The van der Waals surface area contributed by atoms with Gasteiger partial charge in [-0.25, -0.2) is 0 Å². The van der Waals surface area contributed by atoms with Crippen LogP contribution in [-0.4, -0.2) is 13.1 Å². The molecule has 1 aliphatic rings. The summed E-state index contributed by atoms with van der Waals surface area (Å²) in [6.45, 7) is 9.20. The molecule has 0 saturated carbocycles. The smallest absolute Gasteiger partial charge is 0.0404 e. The first kappa shape index (κ1) is 9.57. The van der Waals surface area contributed by atoms with Gasteiger partial charge in [0.1, 0.15) is 0 Å². The molecule has 0 radical (unpaired) electrons. The maximum absolute atomic E-state index is 2.49. The standard InChI is InChI=1S/C13H19N/c1-10(2)12-6-5-11(3)9-13(12)14-7-4-8-14/h5-6,9-10H,4,7-8H2,1-3H3. The number of rotatable bonds is 2. The van der Waals surface area contributed by atoms with Gasteiger partial charge in [0, 0.05) is 18.8 Å². The Balaban J connectivity index is 2.37. The molecule has 0 aliphatic carbocycles. The van der Waals surface area contributed by atoms with E-state index < -0.39 is 0 Å². The van der Waals surface area contributed by atoms with Gasteiger partial charge in [-0.1, -0.05) is 26.0 Å². The predicted molar refractivity (Wildman–Crippen MR) is 62.1 cm³/mol. The Morgan fingerprint density at radius 1 is 1.21 bits per heavy atom. The van der Waals surface area contributed by atoms with E-state index in [1.54, 1.807) is 0 Å². The topological polar surface area (TPSA) is 3.24 Å². The van der Waals surface area contributed by atoms with Crippen LogP contribution in [-0.2, 0) is 0 Å². The summed E-state index contributed by atoms with van der Waals surface area (Å²) in [5.41, 5.74) is 4.33. The monoisotopic (exact) mass is 189 g/mol. The lowest BCUT2D eigenvalue weighted by molar-refractivity contribution is 0.612. The second kappa shape index (κ2) is 3.64. The van der Waals surface area contributed by atoms with Crippen molar-refractivity contribution in [3.05, 3.63) is 29.3 Å². The van der Waals surface area contributed by atoms with E-state index >= 15 is 0 Å². The first-order chi connectivity index (χ1) is 6.68. The Bertz CT molecular complexity index is 324. The molecular weight excluding hydrogens is 170 g/mol. The van der Waals surface area contributed by atoms with Gasteiger partial charge in [-0.2, -0.15) is 0 Å². The van der Waals surface area contributed by atoms with E-state index in [1.807, 2.05) is 0 Å². The number of hydrogen-bond donors (Lipinski definition) is 0. The molecule has 1 aliphatic heterocycles. The Kier molecular flexibility index (Phi) is 2.49. The molecule has 1 fully saturated rings. The minimum Gasteiger partial charge on any atom is -0.371 e. The Labute approximate surface area is 86.7 Å². The number of nitrogens with zero attached hydrogens (tertiary/aromatic N) is 1. The van der Waals surface area contributed by atoms with Crippen LogP contribution in [0.4, 0.5) is 5.69 Å². The molecule has 1 heteroatoms. The summed E-state index contributed by atoms with van der Waals surface area (Å²) >= 11 is 0. The first-order valence-corrected chi connectivity index (χ1v) is 5.54. The third-order valence-corrected chi connectivity index (χ3v) is 3.00. The van der Waals surface area contributed by atoms with Gasteiger partial charge in [-0.15, -0.1) is 0 Å². The fourth-order valence-electron chi connectivity index (χ4n) is 1.97. The quantitative estimate of drug-likeness (QED) is 0.689. The molecule has 1 aromatic rings. The summed E-state index contributed by atoms with van der Waals surface area (Å²) in [6, 6.07) is 6.83. The second-order valence-electron chi connectivity index (χ2n) is 4.56. The zero-order valence-corrected chi connectivity index (χ0v) is 9.38. The van der Waals surface area contributed by atoms with Crippen LogP contribution < -0.4 is 4.90 Å². The number of hydrogen-bond acceptors (Lipinski definition) is 1. The highest BCUT2D eigenvalue weighted by Crippen LogP contribution is 2.31. The number of benzene rings is 1. The van der Waals surface area contributed by atoms with E-state index in [9.17, 15) is 0 Å². The van der Waals surface area contributed by atoms with Gasteiger partial charge in [0.05, 0.1) is 0 Å². The number of anilines is 1. The van der Waals surface area contributed by atoms with E-state index in [-0.39, 0.29) is 0 Å². The van der Waals surface area contributed by atoms with E-state index in [4.69, 9.17) is 0 Å². The average Bonchev–Trinajstić information content (AvgIpc) is 2.00. The van der Waals surface area contributed by atoms with Crippen molar-refractivity contribution in [3.8, 4) is 0 Å². The van der Waals surface area contributed by atoms with Crippen molar-refractivity contribution in [3.63, 3.8) is 0 Å². The van der Waals surface area contributed by atoms with E-state index in [1.165, 1.54) is 36.3 Å². The van der Waals surface area contributed by atoms with Gasteiger partial charge in [-0.05, 0) is 36.5 Å². The molecule has 0 atom stereocenters. The normalized spacial score (nSPS) is 15.9. The van der Waals surface area contributed by atoms with E-state index in [2.05, 4.69) is 43.9 Å². The molecule has 0 bridgehead atoms. The SMILES string of the molecule is Cc1ccc(C(C)C)c(N2CCC2)c1. The van der Waals surface area contributed by atoms with Gasteiger partial charge < -0.3 is 4.90 Å². The van der Waals surface area contributed by atoms with Crippen molar-refractivity contribution < 1.29 is 0 Å². The molecule has 0 unspecified atom stereocenters.